The van der Waals surface area contributed by atoms with E-state index < -0.39 is 10.0 Å². The number of thioether (sulfide) groups is 1. The first-order valence-electron chi connectivity index (χ1n) is 9.31. The van der Waals surface area contributed by atoms with Gasteiger partial charge < -0.3 is 5.32 Å². The highest BCUT2D eigenvalue weighted by Gasteiger charge is 2.19. The quantitative estimate of drug-likeness (QED) is 0.510. The van der Waals surface area contributed by atoms with Gasteiger partial charge in [0.15, 0.2) is 0 Å². The number of carbonyl (C=O) groups is 1. The van der Waals surface area contributed by atoms with Gasteiger partial charge in [0.25, 0.3) is 10.0 Å². The second kappa shape index (κ2) is 9.73. The average molecular weight is 443 g/mol. The van der Waals surface area contributed by atoms with E-state index in [-0.39, 0.29) is 22.0 Å². The van der Waals surface area contributed by atoms with Crippen LogP contribution in [0.3, 0.4) is 0 Å². The Kier molecular flexibility index (Phi) is 7.07. The summed E-state index contributed by atoms with van der Waals surface area (Å²) in [5, 5.41) is 2.60. The summed E-state index contributed by atoms with van der Waals surface area (Å²) >= 11 is 1.50. The van der Waals surface area contributed by atoms with Crippen LogP contribution >= 0.6 is 11.8 Å². The Morgan fingerprint density at radius 2 is 1.67 bits per heavy atom. The SMILES string of the molecule is CCC(Sc1ccc(C)cc1)C(=O)Nc1ccc(S(=O)(=O)Nc2ncccn2)cc1. The van der Waals surface area contributed by atoms with Crippen LogP contribution in [0, 0.1) is 6.92 Å². The lowest BCUT2D eigenvalue weighted by Crippen LogP contribution is -2.24. The van der Waals surface area contributed by atoms with Gasteiger partial charge in [-0.3, -0.25) is 4.79 Å². The first-order valence-corrected chi connectivity index (χ1v) is 11.7. The minimum absolute atomic E-state index is 0.00574. The molecule has 9 heteroatoms. The Hall–Kier alpha value is -2.91. The highest BCUT2D eigenvalue weighted by molar-refractivity contribution is 8.00. The average Bonchev–Trinajstić information content (AvgIpc) is 2.74. The van der Waals surface area contributed by atoms with Crippen molar-refractivity contribution in [1.29, 1.82) is 0 Å². The zero-order valence-electron chi connectivity index (χ0n) is 16.6. The van der Waals surface area contributed by atoms with Gasteiger partial charge in [0.2, 0.25) is 11.9 Å². The third-order valence-electron chi connectivity index (χ3n) is 4.19. The first kappa shape index (κ1) is 21.8. The fourth-order valence-electron chi connectivity index (χ4n) is 2.57. The smallest absolute Gasteiger partial charge is 0.264 e. The lowest BCUT2D eigenvalue weighted by atomic mass is 10.2. The molecular formula is C21H22N4O3S2. The van der Waals surface area contributed by atoms with Crippen molar-refractivity contribution in [2.45, 2.75) is 35.3 Å². The van der Waals surface area contributed by atoms with E-state index in [1.165, 1.54) is 41.9 Å². The molecule has 1 aromatic heterocycles. The van der Waals surface area contributed by atoms with E-state index in [4.69, 9.17) is 0 Å². The van der Waals surface area contributed by atoms with Crippen LogP contribution in [0.1, 0.15) is 18.9 Å². The first-order chi connectivity index (χ1) is 14.4. The molecule has 3 rings (SSSR count). The topological polar surface area (TPSA) is 101 Å². The number of aryl methyl sites for hydroxylation is 1. The van der Waals surface area contributed by atoms with Crippen LogP contribution in [0.5, 0.6) is 0 Å². The van der Waals surface area contributed by atoms with Gasteiger partial charge in [0.1, 0.15) is 0 Å². The Bertz CT molecular complexity index is 1090. The van der Waals surface area contributed by atoms with Crippen LogP contribution in [-0.2, 0) is 14.8 Å². The van der Waals surface area contributed by atoms with E-state index in [9.17, 15) is 13.2 Å². The number of hydrogen-bond donors (Lipinski definition) is 2. The van der Waals surface area contributed by atoms with Gasteiger partial charge in [-0.1, -0.05) is 24.6 Å². The molecular weight excluding hydrogens is 420 g/mol. The van der Waals surface area contributed by atoms with Crippen molar-refractivity contribution in [3.8, 4) is 0 Å². The maximum Gasteiger partial charge on any atom is 0.264 e. The molecule has 0 aliphatic heterocycles. The molecule has 0 radical (unpaired) electrons. The lowest BCUT2D eigenvalue weighted by Gasteiger charge is -2.15. The molecule has 0 aliphatic rings. The van der Waals surface area contributed by atoms with E-state index in [0.717, 1.165) is 4.90 Å². The van der Waals surface area contributed by atoms with E-state index in [1.807, 2.05) is 38.1 Å². The molecule has 2 aromatic carbocycles. The summed E-state index contributed by atoms with van der Waals surface area (Å²) in [6.45, 7) is 3.98. The van der Waals surface area contributed by atoms with Crippen LogP contribution in [0.4, 0.5) is 11.6 Å². The normalized spacial score (nSPS) is 12.2. The summed E-state index contributed by atoms with van der Waals surface area (Å²) in [7, 11) is -3.82. The van der Waals surface area contributed by atoms with E-state index in [0.29, 0.717) is 12.1 Å². The molecule has 0 saturated carbocycles. The summed E-state index contributed by atoms with van der Waals surface area (Å²) in [5.41, 5.74) is 1.69. The standard InChI is InChI=1S/C21H22N4O3S2/c1-3-19(29-17-9-5-15(2)6-10-17)20(26)24-16-7-11-18(12-8-16)30(27,28)25-21-22-13-4-14-23-21/h4-14,19H,3H2,1-2H3,(H,24,26)(H,22,23,25). The maximum atomic E-state index is 12.7. The van der Waals surface area contributed by atoms with Gasteiger partial charge in [-0.15, -0.1) is 11.8 Å². The fraction of sp³-hybridized carbons (Fsp3) is 0.190. The number of nitrogens with zero attached hydrogens (tertiary/aromatic N) is 2. The molecule has 1 amide bonds. The number of amides is 1. The number of nitrogens with one attached hydrogen (secondary N) is 2. The molecule has 0 bridgehead atoms. The summed E-state index contributed by atoms with van der Waals surface area (Å²) in [6, 6.07) is 15.6. The molecule has 2 N–H and O–H groups in total. The van der Waals surface area contributed by atoms with Gasteiger partial charge in [0, 0.05) is 23.0 Å². The van der Waals surface area contributed by atoms with Crippen molar-refractivity contribution in [2.75, 3.05) is 10.0 Å². The third-order valence-corrected chi connectivity index (χ3v) is 6.91. The maximum absolute atomic E-state index is 12.7. The number of rotatable bonds is 8. The second-order valence-corrected chi connectivity index (χ2v) is 9.48. The van der Waals surface area contributed by atoms with Crippen LogP contribution in [0.25, 0.3) is 0 Å². The van der Waals surface area contributed by atoms with Crippen LogP contribution in [0.15, 0.2) is 76.8 Å². The van der Waals surface area contributed by atoms with E-state index >= 15 is 0 Å². The Balaban J connectivity index is 1.65. The summed E-state index contributed by atoms with van der Waals surface area (Å²) in [4.78, 5) is 21.4. The van der Waals surface area contributed by atoms with Crippen LogP contribution in [0.2, 0.25) is 0 Å². The van der Waals surface area contributed by atoms with Crippen molar-refractivity contribution in [1.82, 2.24) is 9.97 Å². The molecule has 0 spiro atoms. The van der Waals surface area contributed by atoms with Crippen molar-refractivity contribution >= 4 is 39.3 Å². The van der Waals surface area contributed by atoms with Gasteiger partial charge in [-0.05, 0) is 55.8 Å². The van der Waals surface area contributed by atoms with E-state index in [2.05, 4.69) is 20.0 Å². The Labute approximate surface area is 180 Å². The van der Waals surface area contributed by atoms with Crippen molar-refractivity contribution in [2.24, 2.45) is 0 Å². The number of sulfonamides is 1. The Morgan fingerprint density at radius 3 is 2.27 bits per heavy atom. The van der Waals surface area contributed by atoms with Gasteiger partial charge in [-0.25, -0.2) is 23.1 Å². The minimum atomic E-state index is -3.82. The van der Waals surface area contributed by atoms with Gasteiger partial charge >= 0.3 is 0 Å². The van der Waals surface area contributed by atoms with Crippen molar-refractivity contribution in [3.05, 3.63) is 72.6 Å². The highest BCUT2D eigenvalue weighted by atomic mass is 32.2. The molecule has 156 valence electrons. The monoisotopic (exact) mass is 442 g/mol. The fourth-order valence-corrected chi connectivity index (χ4v) is 4.49. The second-order valence-electron chi connectivity index (χ2n) is 6.52. The molecule has 1 atom stereocenters. The summed E-state index contributed by atoms with van der Waals surface area (Å²) < 4.78 is 27.2. The number of hydrogen-bond acceptors (Lipinski definition) is 6. The number of aromatic nitrogens is 2. The number of benzene rings is 2. The third kappa shape index (κ3) is 5.80. The zero-order chi connectivity index (χ0) is 21.6. The molecule has 30 heavy (non-hydrogen) atoms. The molecule has 7 nitrogen and oxygen atoms in total. The Morgan fingerprint density at radius 1 is 1.03 bits per heavy atom. The molecule has 0 aliphatic carbocycles. The zero-order valence-corrected chi connectivity index (χ0v) is 18.2. The highest BCUT2D eigenvalue weighted by Crippen LogP contribution is 2.27. The number of anilines is 2. The largest absolute Gasteiger partial charge is 0.325 e. The van der Waals surface area contributed by atoms with E-state index in [1.54, 1.807) is 18.2 Å². The molecule has 0 saturated heterocycles. The number of carbonyl (C=O) groups excluding carboxylic acids is 1. The van der Waals surface area contributed by atoms with Gasteiger partial charge in [-0.2, -0.15) is 0 Å². The molecule has 0 fully saturated rings. The lowest BCUT2D eigenvalue weighted by molar-refractivity contribution is -0.115. The molecule has 3 aromatic rings. The summed E-state index contributed by atoms with van der Waals surface area (Å²) in [6.07, 6.45) is 3.56. The van der Waals surface area contributed by atoms with Crippen LogP contribution in [-0.4, -0.2) is 29.5 Å². The predicted octanol–water partition coefficient (Wildman–Crippen LogP) is 4.10. The minimum Gasteiger partial charge on any atom is -0.325 e. The van der Waals surface area contributed by atoms with Crippen molar-refractivity contribution < 1.29 is 13.2 Å². The van der Waals surface area contributed by atoms with Crippen LogP contribution < -0.4 is 10.0 Å². The predicted molar refractivity (Wildman–Crippen MR) is 119 cm³/mol. The molecule has 1 heterocycles. The van der Waals surface area contributed by atoms with Gasteiger partial charge in [0.05, 0.1) is 10.1 Å². The molecule has 1 unspecified atom stereocenters. The van der Waals surface area contributed by atoms with Crippen molar-refractivity contribution in [3.63, 3.8) is 0 Å². The summed E-state index contributed by atoms with van der Waals surface area (Å²) in [5.74, 6) is -0.136.